The Bertz CT molecular complexity index is 477. The van der Waals surface area contributed by atoms with Crippen molar-refractivity contribution in [2.45, 2.75) is 19.3 Å². The number of hydrogen-bond acceptors (Lipinski definition) is 4. The van der Waals surface area contributed by atoms with Gasteiger partial charge in [-0.15, -0.1) is 12.4 Å². The summed E-state index contributed by atoms with van der Waals surface area (Å²) >= 11 is 0. The number of halogens is 1. The third kappa shape index (κ3) is 3.35. The van der Waals surface area contributed by atoms with Gasteiger partial charge in [-0.25, -0.2) is 0 Å². The molecule has 0 spiro atoms. The molecule has 0 saturated heterocycles. The second-order valence-electron chi connectivity index (χ2n) is 5.03. The van der Waals surface area contributed by atoms with Gasteiger partial charge in [-0.2, -0.15) is 0 Å². The van der Waals surface area contributed by atoms with Crippen molar-refractivity contribution in [2.75, 3.05) is 26.3 Å². The molecule has 3 N–H and O–H groups in total. The number of benzene rings is 1. The van der Waals surface area contributed by atoms with Gasteiger partial charge in [0.15, 0.2) is 11.5 Å². The molecule has 0 unspecified atom stereocenters. The number of amides is 1. The Morgan fingerprint density at radius 2 is 1.95 bits per heavy atom. The molecule has 0 aromatic heterocycles. The van der Waals surface area contributed by atoms with Crippen LogP contribution in [-0.2, 0) is 10.2 Å². The summed E-state index contributed by atoms with van der Waals surface area (Å²) in [5.41, 5.74) is 5.66. The fraction of sp³-hybridized carbons (Fsp3) is 0.500. The van der Waals surface area contributed by atoms with Crippen molar-refractivity contribution < 1.29 is 14.3 Å². The van der Waals surface area contributed by atoms with Gasteiger partial charge in [-0.1, -0.05) is 6.07 Å². The predicted molar refractivity (Wildman–Crippen MR) is 79.8 cm³/mol. The predicted octanol–water partition coefficient (Wildman–Crippen LogP) is 1.23. The van der Waals surface area contributed by atoms with E-state index in [1.807, 2.05) is 32.0 Å². The first-order chi connectivity index (χ1) is 9.05. The van der Waals surface area contributed by atoms with Gasteiger partial charge in [0.25, 0.3) is 0 Å². The van der Waals surface area contributed by atoms with Crippen LogP contribution in [0.3, 0.4) is 0 Å². The fourth-order valence-corrected chi connectivity index (χ4v) is 1.97. The highest BCUT2D eigenvalue weighted by atomic mass is 35.5. The molecular formula is C14H21ClN2O3. The summed E-state index contributed by atoms with van der Waals surface area (Å²) in [7, 11) is 0. The molecule has 6 heteroatoms. The second kappa shape index (κ2) is 6.81. The Morgan fingerprint density at radius 3 is 2.60 bits per heavy atom. The van der Waals surface area contributed by atoms with Gasteiger partial charge in [0, 0.05) is 13.1 Å². The van der Waals surface area contributed by atoms with Crippen LogP contribution in [0, 0.1) is 0 Å². The normalized spacial score (nSPS) is 13.3. The standard InChI is InChI=1S/C14H20N2O3.ClH/c1-14(2,13(17)16-6-5-15)10-3-4-11-12(9-10)19-8-7-18-11;/h3-4,9H,5-8,15H2,1-2H3,(H,16,17);1H. The van der Waals surface area contributed by atoms with E-state index in [0.717, 1.165) is 11.3 Å². The van der Waals surface area contributed by atoms with Crippen LogP contribution in [0.15, 0.2) is 18.2 Å². The van der Waals surface area contributed by atoms with E-state index in [4.69, 9.17) is 15.2 Å². The minimum absolute atomic E-state index is 0. The average Bonchev–Trinajstić information content (AvgIpc) is 2.44. The first-order valence-electron chi connectivity index (χ1n) is 6.44. The molecule has 1 heterocycles. The molecule has 2 rings (SSSR count). The number of carbonyl (C=O) groups excluding carboxylic acids is 1. The molecule has 5 nitrogen and oxygen atoms in total. The highest BCUT2D eigenvalue weighted by Crippen LogP contribution is 2.35. The van der Waals surface area contributed by atoms with E-state index < -0.39 is 5.41 Å². The van der Waals surface area contributed by atoms with Crippen LogP contribution in [0.1, 0.15) is 19.4 Å². The highest BCUT2D eigenvalue weighted by molar-refractivity contribution is 5.87. The third-order valence-corrected chi connectivity index (χ3v) is 3.26. The lowest BCUT2D eigenvalue weighted by Gasteiger charge is -2.26. The highest BCUT2D eigenvalue weighted by Gasteiger charge is 2.30. The Labute approximate surface area is 125 Å². The van der Waals surface area contributed by atoms with Crippen molar-refractivity contribution in [3.63, 3.8) is 0 Å². The van der Waals surface area contributed by atoms with Crippen LogP contribution >= 0.6 is 12.4 Å². The van der Waals surface area contributed by atoms with Gasteiger partial charge in [0.05, 0.1) is 5.41 Å². The summed E-state index contributed by atoms with van der Waals surface area (Å²) in [6, 6.07) is 5.62. The van der Waals surface area contributed by atoms with Gasteiger partial charge in [-0.05, 0) is 31.5 Å². The van der Waals surface area contributed by atoms with E-state index >= 15 is 0 Å². The lowest BCUT2D eigenvalue weighted by atomic mass is 9.83. The molecule has 0 bridgehead atoms. The molecule has 20 heavy (non-hydrogen) atoms. The van der Waals surface area contributed by atoms with Crippen LogP contribution < -0.4 is 20.5 Å². The average molecular weight is 301 g/mol. The summed E-state index contributed by atoms with van der Waals surface area (Å²) in [5.74, 6) is 1.38. The van der Waals surface area contributed by atoms with E-state index in [1.165, 1.54) is 0 Å². The molecule has 1 aromatic rings. The largest absolute Gasteiger partial charge is 0.486 e. The van der Waals surface area contributed by atoms with Crippen molar-refractivity contribution >= 4 is 18.3 Å². The minimum Gasteiger partial charge on any atom is -0.486 e. The van der Waals surface area contributed by atoms with Gasteiger partial charge in [0.2, 0.25) is 5.91 Å². The summed E-state index contributed by atoms with van der Waals surface area (Å²) < 4.78 is 11.0. The van der Waals surface area contributed by atoms with Crippen LogP contribution in [0.5, 0.6) is 11.5 Å². The van der Waals surface area contributed by atoms with Crippen molar-refractivity contribution in [1.82, 2.24) is 5.32 Å². The molecule has 1 aliphatic rings. The number of fused-ring (bicyclic) bond motifs is 1. The molecule has 0 aliphatic carbocycles. The maximum Gasteiger partial charge on any atom is 0.230 e. The Balaban J connectivity index is 0.00000200. The van der Waals surface area contributed by atoms with Crippen LogP contribution in [0.2, 0.25) is 0 Å². The van der Waals surface area contributed by atoms with Crippen molar-refractivity contribution in [2.24, 2.45) is 5.73 Å². The van der Waals surface area contributed by atoms with Gasteiger partial charge in [0.1, 0.15) is 13.2 Å². The number of ether oxygens (including phenoxy) is 2. The lowest BCUT2D eigenvalue weighted by molar-refractivity contribution is -0.125. The Hall–Kier alpha value is -1.46. The van der Waals surface area contributed by atoms with E-state index in [9.17, 15) is 4.79 Å². The topological polar surface area (TPSA) is 73.6 Å². The van der Waals surface area contributed by atoms with Crippen LogP contribution in [-0.4, -0.2) is 32.2 Å². The number of hydrogen-bond donors (Lipinski definition) is 2. The Kier molecular flexibility index (Phi) is 5.65. The monoisotopic (exact) mass is 300 g/mol. The van der Waals surface area contributed by atoms with Gasteiger partial charge < -0.3 is 20.5 Å². The minimum atomic E-state index is -0.634. The first-order valence-corrected chi connectivity index (χ1v) is 6.44. The van der Waals surface area contributed by atoms with Crippen molar-refractivity contribution in [1.29, 1.82) is 0 Å². The molecule has 0 atom stereocenters. The maximum absolute atomic E-state index is 12.2. The molecule has 1 amide bonds. The van der Waals surface area contributed by atoms with Gasteiger partial charge >= 0.3 is 0 Å². The summed E-state index contributed by atoms with van der Waals surface area (Å²) in [6.07, 6.45) is 0. The number of carbonyl (C=O) groups is 1. The van der Waals surface area contributed by atoms with E-state index in [-0.39, 0.29) is 18.3 Å². The number of nitrogens with one attached hydrogen (secondary N) is 1. The summed E-state index contributed by atoms with van der Waals surface area (Å²) in [5, 5.41) is 2.82. The zero-order chi connectivity index (χ0) is 13.9. The second-order valence-corrected chi connectivity index (χ2v) is 5.03. The van der Waals surface area contributed by atoms with Crippen molar-refractivity contribution in [3.8, 4) is 11.5 Å². The fourth-order valence-electron chi connectivity index (χ4n) is 1.97. The van der Waals surface area contributed by atoms with Crippen molar-refractivity contribution in [3.05, 3.63) is 23.8 Å². The lowest BCUT2D eigenvalue weighted by Crippen LogP contribution is -2.42. The van der Waals surface area contributed by atoms with Crippen LogP contribution in [0.25, 0.3) is 0 Å². The van der Waals surface area contributed by atoms with E-state index in [2.05, 4.69) is 5.32 Å². The maximum atomic E-state index is 12.2. The molecule has 112 valence electrons. The zero-order valence-corrected chi connectivity index (χ0v) is 12.6. The van der Waals surface area contributed by atoms with E-state index in [0.29, 0.717) is 32.1 Å². The molecule has 0 radical (unpaired) electrons. The summed E-state index contributed by atoms with van der Waals surface area (Å²) in [6.45, 7) is 5.77. The smallest absolute Gasteiger partial charge is 0.230 e. The number of nitrogens with two attached hydrogens (primary N) is 1. The number of rotatable bonds is 4. The van der Waals surface area contributed by atoms with Gasteiger partial charge in [-0.3, -0.25) is 4.79 Å². The Morgan fingerprint density at radius 1 is 1.30 bits per heavy atom. The molecule has 1 aliphatic heterocycles. The molecule has 0 saturated carbocycles. The molecule has 0 fully saturated rings. The summed E-state index contributed by atoms with van der Waals surface area (Å²) in [4.78, 5) is 12.2. The van der Waals surface area contributed by atoms with E-state index in [1.54, 1.807) is 0 Å². The first kappa shape index (κ1) is 16.6. The third-order valence-electron chi connectivity index (χ3n) is 3.26. The zero-order valence-electron chi connectivity index (χ0n) is 11.8. The SMILES string of the molecule is CC(C)(C(=O)NCCN)c1ccc2c(c1)OCCO2.Cl. The molecule has 1 aromatic carbocycles. The molecular weight excluding hydrogens is 280 g/mol. The quantitative estimate of drug-likeness (QED) is 0.877. The van der Waals surface area contributed by atoms with Crippen LogP contribution in [0.4, 0.5) is 0 Å².